The Balaban J connectivity index is 1.48. The number of amides is 2. The van der Waals surface area contributed by atoms with E-state index in [1.165, 1.54) is 0 Å². The fourth-order valence-corrected chi connectivity index (χ4v) is 3.06. The van der Waals surface area contributed by atoms with E-state index in [9.17, 15) is 9.59 Å². The van der Waals surface area contributed by atoms with Gasteiger partial charge in [0, 0.05) is 49.6 Å². The molecule has 0 saturated carbocycles. The van der Waals surface area contributed by atoms with E-state index in [4.69, 9.17) is 0 Å². The number of benzene rings is 1. The molecular formula is C20H25N4O2+. The fraction of sp³-hybridized carbons (Fsp3) is 0.350. The smallest absolute Gasteiger partial charge is 0.251 e. The maximum absolute atomic E-state index is 12.4. The summed E-state index contributed by atoms with van der Waals surface area (Å²) in [6.45, 7) is 6.93. The van der Waals surface area contributed by atoms with Crippen LogP contribution in [-0.4, -0.2) is 49.4 Å². The van der Waals surface area contributed by atoms with E-state index >= 15 is 0 Å². The van der Waals surface area contributed by atoms with Gasteiger partial charge in [-0.2, -0.15) is 0 Å². The van der Waals surface area contributed by atoms with Gasteiger partial charge in [-0.15, -0.1) is 0 Å². The van der Waals surface area contributed by atoms with Crippen LogP contribution in [0.3, 0.4) is 0 Å². The van der Waals surface area contributed by atoms with Gasteiger partial charge in [-0.05, 0) is 37.1 Å². The highest BCUT2D eigenvalue weighted by Gasteiger charge is 2.22. The third-order valence-electron chi connectivity index (χ3n) is 4.87. The summed E-state index contributed by atoms with van der Waals surface area (Å²) in [5, 5.41) is 2.74. The van der Waals surface area contributed by atoms with Crippen molar-refractivity contribution in [2.75, 3.05) is 37.6 Å². The summed E-state index contributed by atoms with van der Waals surface area (Å²) in [5.74, 6) is -0.246. The minimum Gasteiger partial charge on any atom is -0.368 e. The molecule has 1 fully saturated rings. The van der Waals surface area contributed by atoms with E-state index in [0.717, 1.165) is 29.9 Å². The molecule has 6 nitrogen and oxygen atoms in total. The Morgan fingerprint density at radius 3 is 2.35 bits per heavy atom. The van der Waals surface area contributed by atoms with Gasteiger partial charge in [0.2, 0.25) is 5.91 Å². The van der Waals surface area contributed by atoms with Crippen LogP contribution in [0.4, 0.5) is 5.69 Å². The van der Waals surface area contributed by atoms with Crippen LogP contribution < -0.4 is 15.2 Å². The molecule has 0 spiro atoms. The maximum Gasteiger partial charge on any atom is 0.251 e. The van der Waals surface area contributed by atoms with Crippen molar-refractivity contribution >= 4 is 17.5 Å². The van der Waals surface area contributed by atoms with Crippen molar-refractivity contribution in [2.24, 2.45) is 0 Å². The fourth-order valence-electron chi connectivity index (χ4n) is 3.06. The molecule has 0 bridgehead atoms. The molecule has 2 aromatic rings. The lowest BCUT2D eigenvalue weighted by Crippen LogP contribution is -2.51. The van der Waals surface area contributed by atoms with Gasteiger partial charge in [-0.25, -0.2) is 4.98 Å². The molecule has 2 amide bonds. The van der Waals surface area contributed by atoms with E-state index < -0.39 is 0 Å². The predicted octanol–water partition coefficient (Wildman–Crippen LogP) is 1.20. The summed E-state index contributed by atoms with van der Waals surface area (Å²) in [7, 11) is 0. The quantitative estimate of drug-likeness (QED) is 0.898. The lowest BCUT2D eigenvalue weighted by atomic mass is 10.1. The van der Waals surface area contributed by atoms with E-state index in [-0.39, 0.29) is 18.4 Å². The zero-order chi connectivity index (χ0) is 18.5. The monoisotopic (exact) mass is 353 g/mol. The second-order valence-electron chi connectivity index (χ2n) is 6.61. The number of aromatic amines is 1. The van der Waals surface area contributed by atoms with Gasteiger partial charge < -0.3 is 15.1 Å². The first kappa shape index (κ1) is 17.9. The highest BCUT2D eigenvalue weighted by Crippen LogP contribution is 2.14. The Bertz CT molecular complexity index is 784. The van der Waals surface area contributed by atoms with Crippen LogP contribution in [0.2, 0.25) is 0 Å². The molecule has 1 aliphatic rings. The second-order valence-corrected chi connectivity index (χ2v) is 6.61. The van der Waals surface area contributed by atoms with Crippen molar-refractivity contribution in [3.05, 3.63) is 59.4 Å². The zero-order valence-corrected chi connectivity index (χ0v) is 15.3. The Morgan fingerprint density at radius 1 is 1.00 bits per heavy atom. The molecule has 6 heteroatoms. The average molecular weight is 353 g/mol. The molecule has 3 rings (SSSR count). The van der Waals surface area contributed by atoms with Crippen LogP contribution in [-0.2, 0) is 4.79 Å². The molecule has 0 atom stereocenters. The van der Waals surface area contributed by atoms with Gasteiger partial charge in [0.25, 0.3) is 5.91 Å². The van der Waals surface area contributed by atoms with Crippen molar-refractivity contribution < 1.29 is 14.6 Å². The van der Waals surface area contributed by atoms with Crippen molar-refractivity contribution in [3.8, 4) is 0 Å². The molecule has 2 N–H and O–H groups in total. The van der Waals surface area contributed by atoms with Crippen LogP contribution in [0.5, 0.6) is 0 Å². The Morgan fingerprint density at radius 2 is 1.69 bits per heavy atom. The number of anilines is 1. The number of hydrogen-bond acceptors (Lipinski definition) is 3. The SMILES string of the molecule is Cc1ccc(C(=O)NCC(=O)N2CCN(c3cc[nH+]cc3)CC2)cc1C. The molecule has 0 radical (unpaired) electrons. The normalized spacial score (nSPS) is 14.2. The molecule has 1 aromatic carbocycles. The molecule has 0 aliphatic carbocycles. The first-order valence-electron chi connectivity index (χ1n) is 8.89. The third-order valence-corrected chi connectivity index (χ3v) is 4.87. The summed E-state index contributed by atoms with van der Waals surface area (Å²) in [6, 6.07) is 9.62. The van der Waals surface area contributed by atoms with Crippen molar-refractivity contribution in [1.29, 1.82) is 0 Å². The van der Waals surface area contributed by atoms with Gasteiger partial charge in [0.1, 0.15) is 0 Å². The first-order valence-corrected chi connectivity index (χ1v) is 8.89. The largest absolute Gasteiger partial charge is 0.368 e. The number of piperazine rings is 1. The minimum absolute atomic E-state index is 0.0338. The highest BCUT2D eigenvalue weighted by molar-refractivity contribution is 5.96. The van der Waals surface area contributed by atoms with E-state index in [0.29, 0.717) is 18.7 Å². The van der Waals surface area contributed by atoms with Crippen molar-refractivity contribution in [3.63, 3.8) is 0 Å². The number of nitrogens with zero attached hydrogens (tertiary/aromatic N) is 2. The molecule has 26 heavy (non-hydrogen) atoms. The van der Waals surface area contributed by atoms with Gasteiger partial charge in [0.15, 0.2) is 12.4 Å². The van der Waals surface area contributed by atoms with Gasteiger partial charge in [-0.3, -0.25) is 9.59 Å². The maximum atomic E-state index is 12.4. The second kappa shape index (κ2) is 7.99. The average Bonchev–Trinajstić information content (AvgIpc) is 2.68. The summed E-state index contributed by atoms with van der Waals surface area (Å²) < 4.78 is 0. The minimum atomic E-state index is -0.208. The topological polar surface area (TPSA) is 66.8 Å². The summed E-state index contributed by atoms with van der Waals surface area (Å²) in [5.41, 5.74) is 3.95. The Kier molecular flexibility index (Phi) is 5.51. The van der Waals surface area contributed by atoms with Crippen LogP contribution >= 0.6 is 0 Å². The van der Waals surface area contributed by atoms with Crippen LogP contribution in [0, 0.1) is 13.8 Å². The van der Waals surface area contributed by atoms with Crippen molar-refractivity contribution in [2.45, 2.75) is 13.8 Å². The lowest BCUT2D eigenvalue weighted by Gasteiger charge is -2.35. The predicted molar refractivity (Wildman–Crippen MR) is 100 cm³/mol. The molecule has 0 unspecified atom stereocenters. The number of aromatic nitrogens is 1. The number of H-pyrrole nitrogens is 1. The number of nitrogens with one attached hydrogen (secondary N) is 2. The number of aryl methyl sites for hydroxylation is 2. The third kappa shape index (κ3) is 4.20. The van der Waals surface area contributed by atoms with Gasteiger partial charge in [0.05, 0.1) is 6.54 Å². The van der Waals surface area contributed by atoms with Crippen molar-refractivity contribution in [1.82, 2.24) is 10.2 Å². The standard InChI is InChI=1S/C20H24N4O2/c1-15-3-4-17(13-16(15)2)20(26)22-14-19(25)24-11-9-23(10-12-24)18-5-7-21-8-6-18/h3-8,13H,9-12,14H2,1-2H3,(H,22,26)/p+1. The summed E-state index contributed by atoms with van der Waals surface area (Å²) in [6.07, 6.45) is 3.80. The molecular weight excluding hydrogens is 328 g/mol. The highest BCUT2D eigenvalue weighted by atomic mass is 16.2. The number of pyridine rings is 1. The van der Waals surface area contributed by atoms with Crippen LogP contribution in [0.15, 0.2) is 42.7 Å². The van der Waals surface area contributed by atoms with E-state index in [1.807, 2.05) is 55.4 Å². The molecule has 1 saturated heterocycles. The Hall–Kier alpha value is -2.89. The number of carbonyl (C=O) groups is 2. The molecule has 1 aliphatic heterocycles. The first-order chi connectivity index (χ1) is 12.5. The van der Waals surface area contributed by atoms with Gasteiger partial charge in [-0.1, -0.05) is 6.07 Å². The van der Waals surface area contributed by atoms with Crippen LogP contribution in [0.25, 0.3) is 0 Å². The summed E-state index contributed by atoms with van der Waals surface area (Å²) in [4.78, 5) is 31.7. The van der Waals surface area contributed by atoms with E-state index in [1.54, 1.807) is 6.07 Å². The summed E-state index contributed by atoms with van der Waals surface area (Å²) >= 11 is 0. The molecule has 136 valence electrons. The number of rotatable bonds is 4. The zero-order valence-electron chi connectivity index (χ0n) is 15.3. The number of hydrogen-bond donors (Lipinski definition) is 1. The molecule has 1 aromatic heterocycles. The number of carbonyl (C=O) groups excluding carboxylic acids is 2. The lowest BCUT2D eigenvalue weighted by molar-refractivity contribution is -0.377. The van der Waals surface area contributed by atoms with Crippen LogP contribution in [0.1, 0.15) is 21.5 Å². The molecule has 2 heterocycles. The Labute approximate surface area is 153 Å². The van der Waals surface area contributed by atoms with E-state index in [2.05, 4.69) is 15.2 Å². The van der Waals surface area contributed by atoms with Gasteiger partial charge >= 0.3 is 0 Å².